The molecule has 0 saturated heterocycles. The van der Waals surface area contributed by atoms with Crippen LogP contribution in [0.15, 0.2) is 24.3 Å². The largest absolute Gasteiger partial charge is 0.379 e. The number of hydrogen-bond acceptors (Lipinski definition) is 3. The van der Waals surface area contributed by atoms with Crippen LogP contribution in [0.3, 0.4) is 0 Å². The normalized spacial score (nSPS) is 13.6. The quantitative estimate of drug-likeness (QED) is 0.762. The Labute approximate surface area is 108 Å². The minimum atomic E-state index is -0.433. The second-order valence-electron chi connectivity index (χ2n) is 4.92. The number of methoxy groups -OCH3 is 1. The summed E-state index contributed by atoms with van der Waals surface area (Å²) in [5, 5.41) is 0. The molecule has 0 radical (unpaired) electrons. The molecule has 4 heteroatoms. The summed E-state index contributed by atoms with van der Waals surface area (Å²) in [6.45, 7) is 4.84. The van der Waals surface area contributed by atoms with Crippen molar-refractivity contribution in [2.45, 2.75) is 31.9 Å². The number of hydrogen-bond donors (Lipinski definition) is 1. The molecule has 0 aromatic heterocycles. The first kappa shape index (κ1) is 15.1. The molecule has 1 rings (SSSR count). The predicted molar refractivity (Wildman–Crippen MR) is 69.9 cm³/mol. The standard InChI is InChI=1S/C14H22FNO2/c1-14(2,17-3)8-9-18-10-13(16)11-6-4-5-7-12(11)15/h4-7,13H,8-10,16H2,1-3H3. The highest BCUT2D eigenvalue weighted by Gasteiger charge is 2.16. The van der Waals surface area contributed by atoms with E-state index in [9.17, 15) is 4.39 Å². The maximum Gasteiger partial charge on any atom is 0.128 e. The van der Waals surface area contributed by atoms with Gasteiger partial charge in [0.1, 0.15) is 5.82 Å². The SMILES string of the molecule is COC(C)(C)CCOCC(N)c1ccccc1F. The fourth-order valence-corrected chi connectivity index (χ4v) is 1.50. The van der Waals surface area contributed by atoms with Crippen LogP contribution < -0.4 is 5.73 Å². The van der Waals surface area contributed by atoms with Crippen LogP contribution in [0.1, 0.15) is 31.9 Å². The van der Waals surface area contributed by atoms with E-state index in [4.69, 9.17) is 15.2 Å². The van der Waals surface area contributed by atoms with Gasteiger partial charge in [-0.2, -0.15) is 0 Å². The lowest BCUT2D eigenvalue weighted by Gasteiger charge is -2.23. The van der Waals surface area contributed by atoms with Crippen molar-refractivity contribution in [2.75, 3.05) is 20.3 Å². The molecule has 1 unspecified atom stereocenters. The molecule has 1 aromatic rings. The summed E-state index contributed by atoms with van der Waals surface area (Å²) >= 11 is 0. The number of ether oxygens (including phenoxy) is 2. The molecule has 1 aromatic carbocycles. The predicted octanol–water partition coefficient (Wildman–Crippen LogP) is 2.66. The van der Waals surface area contributed by atoms with Crippen molar-refractivity contribution in [3.63, 3.8) is 0 Å². The van der Waals surface area contributed by atoms with Gasteiger partial charge in [0.2, 0.25) is 0 Å². The van der Waals surface area contributed by atoms with Crippen molar-refractivity contribution in [1.82, 2.24) is 0 Å². The number of nitrogens with two attached hydrogens (primary N) is 1. The molecule has 102 valence electrons. The third-order valence-corrected chi connectivity index (χ3v) is 3.00. The van der Waals surface area contributed by atoms with Crippen LogP contribution >= 0.6 is 0 Å². The van der Waals surface area contributed by atoms with Gasteiger partial charge in [-0.1, -0.05) is 18.2 Å². The first-order valence-electron chi connectivity index (χ1n) is 6.09. The van der Waals surface area contributed by atoms with Gasteiger partial charge in [0.15, 0.2) is 0 Å². The monoisotopic (exact) mass is 255 g/mol. The van der Waals surface area contributed by atoms with E-state index in [0.717, 1.165) is 6.42 Å². The molecular formula is C14H22FNO2. The molecule has 0 saturated carbocycles. The fourth-order valence-electron chi connectivity index (χ4n) is 1.50. The van der Waals surface area contributed by atoms with Crippen LogP contribution in [-0.4, -0.2) is 25.9 Å². The molecule has 0 spiro atoms. The van der Waals surface area contributed by atoms with E-state index in [1.54, 1.807) is 25.3 Å². The maximum absolute atomic E-state index is 13.4. The highest BCUT2D eigenvalue weighted by atomic mass is 19.1. The Morgan fingerprint density at radius 2 is 2.00 bits per heavy atom. The van der Waals surface area contributed by atoms with Crippen LogP contribution in [0.2, 0.25) is 0 Å². The van der Waals surface area contributed by atoms with Gasteiger partial charge in [0.25, 0.3) is 0 Å². The summed E-state index contributed by atoms with van der Waals surface area (Å²) < 4.78 is 24.2. The second-order valence-corrected chi connectivity index (χ2v) is 4.92. The Hall–Kier alpha value is -0.970. The summed E-state index contributed by atoms with van der Waals surface area (Å²) in [7, 11) is 1.67. The summed E-state index contributed by atoms with van der Waals surface area (Å²) in [6, 6.07) is 6.07. The van der Waals surface area contributed by atoms with E-state index in [1.807, 2.05) is 13.8 Å². The van der Waals surface area contributed by atoms with Gasteiger partial charge in [0, 0.05) is 19.3 Å². The number of halogens is 1. The van der Waals surface area contributed by atoms with E-state index in [0.29, 0.717) is 18.8 Å². The molecule has 1 atom stereocenters. The Kier molecular flexibility index (Phi) is 5.72. The van der Waals surface area contributed by atoms with Crippen molar-refractivity contribution in [1.29, 1.82) is 0 Å². The molecule has 0 fully saturated rings. The minimum Gasteiger partial charge on any atom is -0.379 e. The summed E-state index contributed by atoms with van der Waals surface area (Å²) in [5.74, 6) is -0.286. The van der Waals surface area contributed by atoms with Crippen LogP contribution in [0, 0.1) is 5.82 Å². The first-order chi connectivity index (χ1) is 8.46. The minimum absolute atomic E-state index is 0.206. The molecule has 3 nitrogen and oxygen atoms in total. The van der Waals surface area contributed by atoms with Crippen molar-refractivity contribution in [3.05, 3.63) is 35.6 Å². The molecule has 0 bridgehead atoms. The van der Waals surface area contributed by atoms with Crippen LogP contribution in [0.5, 0.6) is 0 Å². The zero-order valence-corrected chi connectivity index (χ0v) is 11.3. The lowest BCUT2D eigenvalue weighted by atomic mass is 10.1. The van der Waals surface area contributed by atoms with Crippen molar-refractivity contribution < 1.29 is 13.9 Å². The van der Waals surface area contributed by atoms with Crippen LogP contribution in [0.4, 0.5) is 4.39 Å². The van der Waals surface area contributed by atoms with E-state index in [1.165, 1.54) is 6.07 Å². The Bertz CT molecular complexity index is 369. The molecule has 18 heavy (non-hydrogen) atoms. The lowest BCUT2D eigenvalue weighted by molar-refractivity contribution is -0.0114. The Morgan fingerprint density at radius 1 is 1.33 bits per heavy atom. The van der Waals surface area contributed by atoms with E-state index >= 15 is 0 Å². The Morgan fingerprint density at radius 3 is 2.61 bits per heavy atom. The highest BCUT2D eigenvalue weighted by Crippen LogP contribution is 2.16. The number of rotatable bonds is 7. The van der Waals surface area contributed by atoms with Crippen LogP contribution in [0.25, 0.3) is 0 Å². The van der Waals surface area contributed by atoms with Crippen molar-refractivity contribution >= 4 is 0 Å². The molecular weight excluding hydrogens is 233 g/mol. The van der Waals surface area contributed by atoms with E-state index < -0.39 is 6.04 Å². The van der Waals surface area contributed by atoms with Gasteiger partial charge in [-0.25, -0.2) is 4.39 Å². The molecule has 2 N–H and O–H groups in total. The summed E-state index contributed by atoms with van der Waals surface area (Å²) in [5.41, 5.74) is 6.17. The summed E-state index contributed by atoms with van der Waals surface area (Å²) in [6.07, 6.45) is 0.771. The third-order valence-electron chi connectivity index (χ3n) is 3.00. The third kappa shape index (κ3) is 4.72. The average Bonchev–Trinajstić information content (AvgIpc) is 2.35. The molecule has 0 aliphatic carbocycles. The highest BCUT2D eigenvalue weighted by molar-refractivity contribution is 5.20. The Balaban J connectivity index is 2.34. The smallest absolute Gasteiger partial charge is 0.128 e. The zero-order chi connectivity index (χ0) is 13.6. The first-order valence-corrected chi connectivity index (χ1v) is 6.09. The molecule has 0 aliphatic rings. The molecule has 0 heterocycles. The lowest BCUT2D eigenvalue weighted by Crippen LogP contribution is -2.26. The molecule has 0 amide bonds. The van der Waals surface area contributed by atoms with Crippen molar-refractivity contribution in [3.8, 4) is 0 Å². The van der Waals surface area contributed by atoms with Gasteiger partial charge in [-0.15, -0.1) is 0 Å². The number of benzene rings is 1. The van der Waals surface area contributed by atoms with Gasteiger partial charge >= 0.3 is 0 Å². The van der Waals surface area contributed by atoms with Crippen molar-refractivity contribution in [2.24, 2.45) is 5.73 Å². The summed E-state index contributed by atoms with van der Waals surface area (Å²) in [4.78, 5) is 0. The maximum atomic E-state index is 13.4. The van der Waals surface area contributed by atoms with Crippen LogP contribution in [-0.2, 0) is 9.47 Å². The topological polar surface area (TPSA) is 44.5 Å². The molecule has 0 aliphatic heterocycles. The van der Waals surface area contributed by atoms with Gasteiger partial charge in [-0.05, 0) is 26.3 Å². The fraction of sp³-hybridized carbons (Fsp3) is 0.571. The van der Waals surface area contributed by atoms with Gasteiger partial charge in [0.05, 0.1) is 18.2 Å². The van der Waals surface area contributed by atoms with E-state index in [2.05, 4.69) is 0 Å². The van der Waals surface area contributed by atoms with Gasteiger partial charge in [-0.3, -0.25) is 0 Å². The second kappa shape index (κ2) is 6.83. The average molecular weight is 255 g/mol. The van der Waals surface area contributed by atoms with Gasteiger partial charge < -0.3 is 15.2 Å². The zero-order valence-electron chi connectivity index (χ0n) is 11.3. The van der Waals surface area contributed by atoms with E-state index in [-0.39, 0.29) is 11.4 Å².